The molecule has 3 rings (SSSR count). The van der Waals surface area contributed by atoms with Crippen molar-refractivity contribution in [3.05, 3.63) is 70.3 Å². The third-order valence-corrected chi connectivity index (χ3v) is 3.00. The third kappa shape index (κ3) is 2.64. The van der Waals surface area contributed by atoms with Crippen molar-refractivity contribution in [2.45, 2.75) is 0 Å². The van der Waals surface area contributed by atoms with E-state index in [9.17, 15) is 14.4 Å². The zero-order chi connectivity index (χ0) is 15.5. The Labute approximate surface area is 124 Å². The van der Waals surface area contributed by atoms with Gasteiger partial charge in [-0.25, -0.2) is 14.8 Å². The minimum absolute atomic E-state index is 0.109. The molecule has 22 heavy (non-hydrogen) atoms. The van der Waals surface area contributed by atoms with Crippen LogP contribution < -0.4 is 11.0 Å². The van der Waals surface area contributed by atoms with Crippen LogP contribution in [0.1, 0.15) is 5.56 Å². The van der Waals surface area contributed by atoms with Crippen molar-refractivity contribution in [1.82, 2.24) is 9.71 Å². The topological polar surface area (TPSA) is 79.5 Å². The molecule has 0 radical (unpaired) electrons. The molecule has 0 spiro atoms. The van der Waals surface area contributed by atoms with Crippen molar-refractivity contribution in [3.63, 3.8) is 0 Å². The molecule has 2 N–H and O–H groups in total. The van der Waals surface area contributed by atoms with Gasteiger partial charge >= 0.3 is 0 Å². The van der Waals surface area contributed by atoms with E-state index in [1.165, 1.54) is 18.3 Å². The van der Waals surface area contributed by atoms with E-state index in [1.54, 1.807) is 36.4 Å². The summed E-state index contributed by atoms with van der Waals surface area (Å²) in [7, 11) is 0. The molecule has 0 atom stereocenters. The average molecular weight is 298 g/mol. The van der Waals surface area contributed by atoms with Crippen LogP contribution in [0.4, 0.5) is 10.3 Å². The first kappa shape index (κ1) is 13.7. The smallest absolute Gasteiger partial charge is 0.295 e. The van der Waals surface area contributed by atoms with Crippen molar-refractivity contribution >= 4 is 23.1 Å². The number of nitrogens with one attached hydrogen (secondary N) is 1. The lowest BCUT2D eigenvalue weighted by molar-refractivity contribution is 0.179. The van der Waals surface area contributed by atoms with Crippen LogP contribution in [0.5, 0.6) is 0 Å². The van der Waals surface area contributed by atoms with Gasteiger partial charge in [-0.15, -0.1) is 4.73 Å². The molecule has 0 saturated carbocycles. The molecule has 0 fully saturated rings. The Kier molecular flexibility index (Phi) is 3.53. The summed E-state index contributed by atoms with van der Waals surface area (Å²) >= 11 is 0. The van der Waals surface area contributed by atoms with E-state index < -0.39 is 5.56 Å². The van der Waals surface area contributed by atoms with Gasteiger partial charge in [-0.2, -0.15) is 5.10 Å². The summed E-state index contributed by atoms with van der Waals surface area (Å²) in [4.78, 5) is 16.1. The zero-order valence-electron chi connectivity index (χ0n) is 11.3. The fourth-order valence-corrected chi connectivity index (χ4v) is 1.91. The van der Waals surface area contributed by atoms with E-state index in [0.29, 0.717) is 21.2 Å². The number of hydrogen-bond acceptors (Lipinski definition) is 5. The van der Waals surface area contributed by atoms with E-state index in [1.807, 2.05) is 0 Å². The molecule has 0 aliphatic heterocycles. The van der Waals surface area contributed by atoms with Gasteiger partial charge in [0.15, 0.2) is 0 Å². The highest BCUT2D eigenvalue weighted by atomic mass is 19.1. The number of aromatic nitrogens is 2. The van der Waals surface area contributed by atoms with E-state index in [0.717, 1.165) is 0 Å². The lowest BCUT2D eigenvalue weighted by atomic mass is 10.2. The Morgan fingerprint density at radius 1 is 1.18 bits per heavy atom. The lowest BCUT2D eigenvalue weighted by Gasteiger charge is -2.06. The van der Waals surface area contributed by atoms with Gasteiger partial charge in [0.1, 0.15) is 5.82 Å². The quantitative estimate of drug-likeness (QED) is 0.441. The first-order valence-electron chi connectivity index (χ1n) is 6.41. The lowest BCUT2D eigenvalue weighted by Crippen LogP contribution is -2.22. The molecule has 0 amide bonds. The summed E-state index contributed by atoms with van der Waals surface area (Å²) in [6.07, 6.45) is 1.42. The number of rotatable bonds is 3. The highest BCUT2D eigenvalue weighted by molar-refractivity contribution is 5.80. The van der Waals surface area contributed by atoms with Crippen LogP contribution in [-0.2, 0) is 0 Å². The van der Waals surface area contributed by atoms with Crippen LogP contribution in [0.2, 0.25) is 0 Å². The molecule has 0 saturated heterocycles. The molecular formula is C15H11FN4O2. The molecule has 3 aromatic rings. The maximum absolute atomic E-state index is 12.8. The summed E-state index contributed by atoms with van der Waals surface area (Å²) in [6, 6.07) is 12.3. The third-order valence-electron chi connectivity index (χ3n) is 3.00. The van der Waals surface area contributed by atoms with E-state index >= 15 is 0 Å². The van der Waals surface area contributed by atoms with Crippen molar-refractivity contribution < 1.29 is 9.60 Å². The normalized spacial score (nSPS) is 11.1. The van der Waals surface area contributed by atoms with Crippen molar-refractivity contribution in [2.75, 3.05) is 5.43 Å². The number of anilines is 1. The van der Waals surface area contributed by atoms with Gasteiger partial charge in [0.25, 0.3) is 11.5 Å². The molecule has 7 heteroatoms. The Hall–Kier alpha value is -3.22. The number of benzene rings is 2. The van der Waals surface area contributed by atoms with Gasteiger partial charge in [0.2, 0.25) is 0 Å². The molecule has 0 aliphatic rings. The summed E-state index contributed by atoms with van der Waals surface area (Å²) in [5, 5.41) is 14.0. The predicted octanol–water partition coefficient (Wildman–Crippen LogP) is 2.22. The minimum Gasteiger partial charge on any atom is -0.422 e. The molecule has 1 heterocycles. The first-order chi connectivity index (χ1) is 10.6. The van der Waals surface area contributed by atoms with E-state index in [2.05, 4.69) is 15.5 Å². The maximum atomic E-state index is 12.8. The Balaban J connectivity index is 1.89. The molecule has 1 aromatic heterocycles. The van der Waals surface area contributed by atoms with Crippen LogP contribution >= 0.6 is 0 Å². The predicted molar refractivity (Wildman–Crippen MR) is 80.8 cm³/mol. The molecular weight excluding hydrogens is 287 g/mol. The monoisotopic (exact) mass is 298 g/mol. The molecule has 0 unspecified atom stereocenters. The average Bonchev–Trinajstić information content (AvgIpc) is 2.54. The molecule has 0 aliphatic carbocycles. The van der Waals surface area contributed by atoms with Crippen molar-refractivity contribution in [2.24, 2.45) is 5.10 Å². The fraction of sp³-hybridized carbons (Fsp3) is 0. The number of hydrazone groups is 1. The van der Waals surface area contributed by atoms with E-state index in [-0.39, 0.29) is 11.8 Å². The fourth-order valence-electron chi connectivity index (χ4n) is 1.91. The number of fused-ring (bicyclic) bond motifs is 1. The Bertz CT molecular complexity index is 904. The molecule has 110 valence electrons. The van der Waals surface area contributed by atoms with Crippen LogP contribution in [0.25, 0.3) is 10.9 Å². The number of nitrogens with zero attached hydrogens (tertiary/aromatic N) is 3. The van der Waals surface area contributed by atoms with Gasteiger partial charge in [0.05, 0.1) is 17.1 Å². The van der Waals surface area contributed by atoms with Gasteiger partial charge in [0, 0.05) is 0 Å². The molecule has 6 nitrogen and oxygen atoms in total. The highest BCUT2D eigenvalue weighted by Crippen LogP contribution is 2.09. The maximum Gasteiger partial charge on any atom is 0.295 e. The van der Waals surface area contributed by atoms with Crippen molar-refractivity contribution in [3.8, 4) is 0 Å². The second-order valence-corrected chi connectivity index (χ2v) is 4.49. The van der Waals surface area contributed by atoms with Gasteiger partial charge in [-0.3, -0.25) is 4.79 Å². The van der Waals surface area contributed by atoms with Gasteiger partial charge < -0.3 is 5.21 Å². The summed E-state index contributed by atoms with van der Waals surface area (Å²) < 4.78 is 13.2. The Morgan fingerprint density at radius 2 is 1.91 bits per heavy atom. The van der Waals surface area contributed by atoms with E-state index in [4.69, 9.17) is 0 Å². The molecule has 2 aromatic carbocycles. The summed E-state index contributed by atoms with van der Waals surface area (Å²) in [5.74, 6) is -0.451. The zero-order valence-corrected chi connectivity index (χ0v) is 11.3. The SMILES string of the molecule is O=c1c2ccccc2nc(NN=Cc2ccc(F)cc2)n1O. The second kappa shape index (κ2) is 5.65. The summed E-state index contributed by atoms with van der Waals surface area (Å²) in [5.41, 5.74) is 2.99. The number of hydrogen-bond donors (Lipinski definition) is 2. The summed E-state index contributed by atoms with van der Waals surface area (Å²) in [6.45, 7) is 0. The van der Waals surface area contributed by atoms with Crippen LogP contribution in [0, 0.1) is 5.82 Å². The van der Waals surface area contributed by atoms with Crippen LogP contribution in [-0.4, -0.2) is 21.1 Å². The van der Waals surface area contributed by atoms with Crippen LogP contribution in [0.15, 0.2) is 58.4 Å². The number of para-hydroxylation sites is 1. The van der Waals surface area contributed by atoms with Gasteiger partial charge in [-0.05, 0) is 29.8 Å². The minimum atomic E-state index is -0.593. The van der Waals surface area contributed by atoms with Crippen molar-refractivity contribution in [1.29, 1.82) is 0 Å². The first-order valence-corrected chi connectivity index (χ1v) is 6.41. The highest BCUT2D eigenvalue weighted by Gasteiger charge is 2.08. The largest absolute Gasteiger partial charge is 0.422 e. The molecule has 0 bridgehead atoms. The number of halogens is 1. The van der Waals surface area contributed by atoms with Crippen LogP contribution in [0.3, 0.4) is 0 Å². The standard InChI is InChI=1S/C15H11FN4O2/c16-11-7-5-10(6-8-11)9-17-19-15-18-13-4-2-1-3-12(13)14(21)20(15)22/h1-9,22H,(H,18,19). The Morgan fingerprint density at radius 3 is 2.68 bits per heavy atom. The van der Waals surface area contributed by atoms with Gasteiger partial charge in [-0.1, -0.05) is 24.3 Å². The second-order valence-electron chi connectivity index (χ2n) is 4.49.